The van der Waals surface area contributed by atoms with Crippen molar-refractivity contribution in [2.24, 2.45) is 11.8 Å². The molecule has 0 aromatic carbocycles. The Morgan fingerprint density at radius 2 is 1.73 bits per heavy atom. The molecule has 2 atom stereocenters. The molecule has 0 rings (SSSR count). The Balaban J connectivity index is 4.31. The smallest absolute Gasteiger partial charge is 0.407 e. The Kier molecular flexibility index (Phi) is 11.5. The predicted octanol–water partition coefficient (Wildman–Crippen LogP) is 2.75. The number of amides is 1. The number of esters is 1. The maximum atomic E-state index is 12.1. The number of carbonyl (C=O) groups is 2. The second kappa shape index (κ2) is 12.3. The number of methoxy groups -OCH3 is 1. The van der Waals surface area contributed by atoms with E-state index in [2.05, 4.69) is 19.2 Å². The highest BCUT2D eigenvalue weighted by Gasteiger charge is 2.27. The maximum absolute atomic E-state index is 12.1. The lowest BCUT2D eigenvalue weighted by molar-refractivity contribution is -0.147. The van der Waals surface area contributed by atoms with Crippen molar-refractivity contribution >= 4 is 12.1 Å². The fraction of sp³-hybridized carbons (Fsp3) is 0.875. The molecule has 6 heteroatoms. The van der Waals surface area contributed by atoms with Crippen molar-refractivity contribution in [1.82, 2.24) is 5.32 Å². The van der Waals surface area contributed by atoms with Gasteiger partial charge in [0.1, 0.15) is 12.6 Å². The van der Waals surface area contributed by atoms with Crippen LogP contribution in [0.3, 0.4) is 0 Å². The van der Waals surface area contributed by atoms with Gasteiger partial charge >= 0.3 is 12.1 Å². The minimum absolute atomic E-state index is 0.0208. The summed E-state index contributed by atoms with van der Waals surface area (Å²) in [6.45, 7) is 8.96. The summed E-state index contributed by atoms with van der Waals surface area (Å²) in [7, 11) is 1.53. The van der Waals surface area contributed by atoms with Crippen LogP contribution in [0.4, 0.5) is 4.79 Å². The van der Waals surface area contributed by atoms with E-state index in [1.165, 1.54) is 7.11 Å². The highest BCUT2D eigenvalue weighted by atomic mass is 16.6. The minimum atomic E-state index is -0.681. The van der Waals surface area contributed by atoms with E-state index in [1.807, 2.05) is 13.8 Å². The average Bonchev–Trinajstić information content (AvgIpc) is 2.48. The zero-order valence-electron chi connectivity index (χ0n) is 14.5. The molecule has 0 aromatic heterocycles. The fourth-order valence-corrected chi connectivity index (χ4v) is 1.81. The molecule has 1 amide bonds. The van der Waals surface area contributed by atoms with Gasteiger partial charge in [-0.3, -0.25) is 0 Å². The van der Waals surface area contributed by atoms with Gasteiger partial charge in [-0.1, -0.05) is 34.1 Å². The van der Waals surface area contributed by atoms with Crippen molar-refractivity contribution in [3.05, 3.63) is 0 Å². The van der Waals surface area contributed by atoms with E-state index >= 15 is 0 Å². The summed E-state index contributed by atoms with van der Waals surface area (Å²) >= 11 is 0. The van der Waals surface area contributed by atoms with Crippen LogP contribution in [0.2, 0.25) is 0 Å². The molecule has 0 aliphatic heterocycles. The monoisotopic (exact) mass is 317 g/mol. The van der Waals surface area contributed by atoms with Crippen LogP contribution in [-0.4, -0.2) is 45.0 Å². The average molecular weight is 317 g/mol. The van der Waals surface area contributed by atoms with Gasteiger partial charge in [-0.25, -0.2) is 9.59 Å². The van der Waals surface area contributed by atoms with E-state index < -0.39 is 18.1 Å². The molecule has 0 heterocycles. The van der Waals surface area contributed by atoms with Gasteiger partial charge in [-0.2, -0.15) is 0 Å². The summed E-state index contributed by atoms with van der Waals surface area (Å²) in [5, 5.41) is 2.58. The third kappa shape index (κ3) is 9.60. The van der Waals surface area contributed by atoms with E-state index in [0.717, 1.165) is 19.3 Å². The molecule has 0 aliphatic carbocycles. The first-order chi connectivity index (χ1) is 10.4. The lowest BCUT2D eigenvalue weighted by Gasteiger charge is -2.22. The molecule has 6 nitrogen and oxygen atoms in total. The van der Waals surface area contributed by atoms with Crippen LogP contribution < -0.4 is 5.32 Å². The first kappa shape index (κ1) is 20.7. The SMILES string of the molecule is CCC(C)C(NC(=O)OCCOC)C(=O)OCCCC(C)C. The first-order valence-electron chi connectivity index (χ1n) is 8.01. The predicted molar refractivity (Wildman–Crippen MR) is 84.6 cm³/mol. The van der Waals surface area contributed by atoms with Crippen LogP contribution in [0, 0.1) is 11.8 Å². The molecule has 0 fully saturated rings. The molecule has 0 spiro atoms. The van der Waals surface area contributed by atoms with Crippen molar-refractivity contribution in [3.8, 4) is 0 Å². The molecule has 2 unspecified atom stereocenters. The van der Waals surface area contributed by atoms with Gasteiger partial charge < -0.3 is 19.5 Å². The number of hydrogen-bond acceptors (Lipinski definition) is 5. The molecule has 0 radical (unpaired) electrons. The van der Waals surface area contributed by atoms with E-state index in [1.54, 1.807) is 0 Å². The molecule has 22 heavy (non-hydrogen) atoms. The van der Waals surface area contributed by atoms with Gasteiger partial charge in [-0.05, 0) is 24.7 Å². The van der Waals surface area contributed by atoms with Crippen LogP contribution in [0.15, 0.2) is 0 Å². The lowest BCUT2D eigenvalue weighted by Crippen LogP contribution is -2.46. The molecule has 0 aliphatic rings. The number of carbonyl (C=O) groups excluding carboxylic acids is 2. The van der Waals surface area contributed by atoms with E-state index in [4.69, 9.17) is 14.2 Å². The Morgan fingerprint density at radius 3 is 2.27 bits per heavy atom. The van der Waals surface area contributed by atoms with Gasteiger partial charge in [0.2, 0.25) is 0 Å². The number of rotatable bonds is 11. The normalized spacial score (nSPS) is 13.5. The Bertz CT molecular complexity index is 320. The highest BCUT2D eigenvalue weighted by molar-refractivity contribution is 5.81. The van der Waals surface area contributed by atoms with Crippen molar-refractivity contribution < 1.29 is 23.8 Å². The minimum Gasteiger partial charge on any atom is -0.464 e. The third-order valence-corrected chi connectivity index (χ3v) is 3.43. The molecule has 0 bridgehead atoms. The first-order valence-corrected chi connectivity index (χ1v) is 8.01. The molecule has 0 saturated heterocycles. The summed E-state index contributed by atoms with van der Waals surface area (Å²) in [6, 6.07) is -0.681. The maximum Gasteiger partial charge on any atom is 0.407 e. The summed E-state index contributed by atoms with van der Waals surface area (Å²) in [5.74, 6) is 0.160. The molecule has 0 saturated carbocycles. The zero-order chi connectivity index (χ0) is 17.0. The van der Waals surface area contributed by atoms with Crippen LogP contribution in [0.25, 0.3) is 0 Å². The summed E-state index contributed by atoms with van der Waals surface area (Å²) in [5.41, 5.74) is 0. The van der Waals surface area contributed by atoms with Gasteiger partial charge in [0, 0.05) is 7.11 Å². The van der Waals surface area contributed by atoms with Crippen LogP contribution >= 0.6 is 0 Å². The fourth-order valence-electron chi connectivity index (χ4n) is 1.81. The second-order valence-corrected chi connectivity index (χ2v) is 5.84. The van der Waals surface area contributed by atoms with E-state index in [0.29, 0.717) is 19.1 Å². The van der Waals surface area contributed by atoms with Crippen LogP contribution in [0.1, 0.15) is 47.0 Å². The zero-order valence-corrected chi connectivity index (χ0v) is 14.5. The topological polar surface area (TPSA) is 73.9 Å². The van der Waals surface area contributed by atoms with Crippen LogP contribution in [-0.2, 0) is 19.0 Å². The summed E-state index contributed by atoms with van der Waals surface area (Å²) in [4.78, 5) is 23.8. The molecule has 1 N–H and O–H groups in total. The van der Waals surface area contributed by atoms with Crippen molar-refractivity contribution in [2.45, 2.75) is 53.0 Å². The summed E-state index contributed by atoms with van der Waals surface area (Å²) in [6.07, 6.45) is 1.97. The van der Waals surface area contributed by atoms with Crippen molar-refractivity contribution in [2.75, 3.05) is 26.9 Å². The standard InChI is InChI=1S/C16H31NO5/c1-6-13(4)14(17-16(19)22-11-10-20-5)15(18)21-9-7-8-12(2)3/h12-14H,6-11H2,1-5H3,(H,17,19). The molecule has 130 valence electrons. The van der Waals surface area contributed by atoms with Crippen molar-refractivity contribution in [1.29, 1.82) is 0 Å². The van der Waals surface area contributed by atoms with Gasteiger partial charge in [0.05, 0.1) is 13.2 Å². The van der Waals surface area contributed by atoms with E-state index in [9.17, 15) is 9.59 Å². The third-order valence-electron chi connectivity index (χ3n) is 3.43. The lowest BCUT2D eigenvalue weighted by atomic mass is 9.99. The van der Waals surface area contributed by atoms with Gasteiger partial charge in [-0.15, -0.1) is 0 Å². The largest absolute Gasteiger partial charge is 0.464 e. The molecule has 0 aromatic rings. The number of ether oxygens (including phenoxy) is 3. The quantitative estimate of drug-likeness (QED) is 0.468. The molecular weight excluding hydrogens is 286 g/mol. The Morgan fingerprint density at radius 1 is 1.05 bits per heavy atom. The number of alkyl carbamates (subject to hydrolysis) is 1. The highest BCUT2D eigenvalue weighted by Crippen LogP contribution is 2.11. The number of nitrogens with one attached hydrogen (secondary N) is 1. The summed E-state index contributed by atoms with van der Waals surface area (Å²) < 4.78 is 15.0. The van der Waals surface area contributed by atoms with Crippen molar-refractivity contribution in [3.63, 3.8) is 0 Å². The van der Waals surface area contributed by atoms with Gasteiger partial charge in [0.25, 0.3) is 0 Å². The Labute approximate surface area is 133 Å². The second-order valence-electron chi connectivity index (χ2n) is 5.84. The van der Waals surface area contributed by atoms with Crippen LogP contribution in [0.5, 0.6) is 0 Å². The number of hydrogen-bond donors (Lipinski definition) is 1. The Hall–Kier alpha value is -1.30. The van der Waals surface area contributed by atoms with E-state index in [-0.39, 0.29) is 12.5 Å². The van der Waals surface area contributed by atoms with Gasteiger partial charge in [0.15, 0.2) is 0 Å². The molecular formula is C16H31NO5.